The maximum absolute atomic E-state index is 9.58. The molecule has 2 heterocycles. The Kier molecular flexibility index (Phi) is 8.25. The molecule has 0 amide bonds. The number of benzene rings is 1. The molecule has 2 saturated heterocycles. The first-order valence-electron chi connectivity index (χ1n) is 8.80. The standard InChI is InChI=1S/C18H27N3O3.HI/c1-2-19-18(20-12-14-5-3-6-15(22)11-14)21-8-10-24-17(13-21)16-7-4-9-23-16;/h3,5-6,11,16-17,22H,2,4,7-10,12-13H2,1H3,(H,19,20);1H. The van der Waals surface area contributed by atoms with Crippen LogP contribution in [0.15, 0.2) is 29.3 Å². The van der Waals surface area contributed by atoms with E-state index in [1.807, 2.05) is 12.1 Å². The fourth-order valence-electron chi connectivity index (χ4n) is 3.24. The minimum Gasteiger partial charge on any atom is -0.508 e. The van der Waals surface area contributed by atoms with Gasteiger partial charge in [0.2, 0.25) is 0 Å². The molecule has 2 aliphatic rings. The third kappa shape index (κ3) is 5.72. The molecule has 1 aromatic carbocycles. The number of phenolic OH excluding ortho intramolecular Hbond substituents is 1. The van der Waals surface area contributed by atoms with Crippen LogP contribution in [0, 0.1) is 0 Å². The van der Waals surface area contributed by atoms with Crippen molar-refractivity contribution in [3.8, 4) is 5.75 Å². The number of phenols is 1. The van der Waals surface area contributed by atoms with Crippen LogP contribution >= 0.6 is 24.0 Å². The van der Waals surface area contributed by atoms with Gasteiger partial charge in [0.25, 0.3) is 0 Å². The summed E-state index contributed by atoms with van der Waals surface area (Å²) in [5, 5.41) is 12.9. The van der Waals surface area contributed by atoms with Crippen molar-refractivity contribution in [1.82, 2.24) is 10.2 Å². The van der Waals surface area contributed by atoms with Gasteiger partial charge in [0.05, 0.1) is 19.3 Å². The lowest BCUT2D eigenvalue weighted by molar-refractivity contribution is -0.0817. The Bertz CT molecular complexity index is 564. The first-order chi connectivity index (χ1) is 11.8. The normalized spacial score (nSPS) is 24.0. The van der Waals surface area contributed by atoms with E-state index in [2.05, 4.69) is 17.1 Å². The fourth-order valence-corrected chi connectivity index (χ4v) is 3.24. The van der Waals surface area contributed by atoms with E-state index in [1.54, 1.807) is 12.1 Å². The van der Waals surface area contributed by atoms with Crippen molar-refractivity contribution in [3.63, 3.8) is 0 Å². The molecule has 0 aliphatic carbocycles. The quantitative estimate of drug-likeness (QED) is 0.410. The largest absolute Gasteiger partial charge is 0.508 e. The lowest BCUT2D eigenvalue weighted by Gasteiger charge is -2.37. The maximum atomic E-state index is 9.58. The van der Waals surface area contributed by atoms with Crippen molar-refractivity contribution in [2.75, 3.05) is 32.8 Å². The van der Waals surface area contributed by atoms with Gasteiger partial charge >= 0.3 is 0 Å². The van der Waals surface area contributed by atoms with Gasteiger partial charge in [-0.3, -0.25) is 0 Å². The zero-order valence-electron chi connectivity index (χ0n) is 14.7. The number of rotatable bonds is 4. The summed E-state index contributed by atoms with van der Waals surface area (Å²) in [4.78, 5) is 6.99. The summed E-state index contributed by atoms with van der Waals surface area (Å²) in [6.07, 6.45) is 2.53. The molecular weight excluding hydrogens is 433 g/mol. The number of guanidine groups is 1. The number of aliphatic imine (C=N–C) groups is 1. The lowest BCUT2D eigenvalue weighted by Crippen LogP contribution is -2.53. The van der Waals surface area contributed by atoms with E-state index in [0.717, 1.165) is 50.6 Å². The van der Waals surface area contributed by atoms with Crippen molar-refractivity contribution < 1.29 is 14.6 Å². The fraction of sp³-hybridized carbons (Fsp3) is 0.611. The Labute approximate surface area is 166 Å². The second-order valence-corrected chi connectivity index (χ2v) is 6.25. The molecular formula is C18H28IN3O3. The Morgan fingerprint density at radius 3 is 2.88 bits per heavy atom. The highest BCUT2D eigenvalue weighted by molar-refractivity contribution is 14.0. The van der Waals surface area contributed by atoms with Gasteiger partial charge in [0.15, 0.2) is 5.96 Å². The van der Waals surface area contributed by atoms with Crippen molar-refractivity contribution in [3.05, 3.63) is 29.8 Å². The van der Waals surface area contributed by atoms with Crippen LogP contribution in [0.3, 0.4) is 0 Å². The molecule has 7 heteroatoms. The third-order valence-corrected chi connectivity index (χ3v) is 4.43. The summed E-state index contributed by atoms with van der Waals surface area (Å²) in [6, 6.07) is 7.24. The van der Waals surface area contributed by atoms with Crippen LogP contribution in [-0.4, -0.2) is 61.0 Å². The molecule has 140 valence electrons. The van der Waals surface area contributed by atoms with E-state index >= 15 is 0 Å². The van der Waals surface area contributed by atoms with Gasteiger partial charge in [-0.2, -0.15) is 0 Å². The van der Waals surface area contributed by atoms with E-state index < -0.39 is 0 Å². The summed E-state index contributed by atoms with van der Waals surface area (Å²) in [5.74, 6) is 1.17. The van der Waals surface area contributed by atoms with Crippen LogP contribution in [-0.2, 0) is 16.0 Å². The summed E-state index contributed by atoms with van der Waals surface area (Å²) in [6.45, 7) is 6.60. The van der Waals surface area contributed by atoms with Crippen molar-refractivity contribution in [2.24, 2.45) is 4.99 Å². The van der Waals surface area contributed by atoms with E-state index in [1.165, 1.54) is 0 Å². The predicted octanol–water partition coefficient (Wildman–Crippen LogP) is 2.36. The van der Waals surface area contributed by atoms with Crippen LogP contribution < -0.4 is 5.32 Å². The van der Waals surface area contributed by atoms with Crippen LogP contribution in [0.4, 0.5) is 0 Å². The number of nitrogens with zero attached hydrogens (tertiary/aromatic N) is 2. The number of morpholine rings is 1. The lowest BCUT2D eigenvalue weighted by atomic mass is 10.1. The van der Waals surface area contributed by atoms with E-state index in [0.29, 0.717) is 13.2 Å². The van der Waals surface area contributed by atoms with Crippen molar-refractivity contribution in [1.29, 1.82) is 0 Å². The Balaban J connectivity index is 0.00000225. The molecule has 0 bridgehead atoms. The number of hydrogen-bond acceptors (Lipinski definition) is 4. The van der Waals surface area contributed by atoms with Crippen LogP contribution in [0.5, 0.6) is 5.75 Å². The predicted molar refractivity (Wildman–Crippen MR) is 109 cm³/mol. The van der Waals surface area contributed by atoms with Crippen LogP contribution in [0.25, 0.3) is 0 Å². The highest BCUT2D eigenvalue weighted by atomic mass is 127. The molecule has 6 nitrogen and oxygen atoms in total. The van der Waals surface area contributed by atoms with Gasteiger partial charge in [-0.25, -0.2) is 4.99 Å². The second-order valence-electron chi connectivity index (χ2n) is 6.25. The van der Waals surface area contributed by atoms with Gasteiger partial charge in [-0.15, -0.1) is 24.0 Å². The monoisotopic (exact) mass is 461 g/mol. The van der Waals surface area contributed by atoms with E-state index in [-0.39, 0.29) is 41.9 Å². The molecule has 2 aliphatic heterocycles. The summed E-state index contributed by atoms with van der Waals surface area (Å²) in [7, 11) is 0. The second kappa shape index (κ2) is 10.2. The first-order valence-corrected chi connectivity index (χ1v) is 8.80. The topological polar surface area (TPSA) is 66.3 Å². The summed E-state index contributed by atoms with van der Waals surface area (Å²) >= 11 is 0. The summed E-state index contributed by atoms with van der Waals surface area (Å²) in [5.41, 5.74) is 0.995. The Morgan fingerprint density at radius 2 is 2.16 bits per heavy atom. The number of halogens is 1. The average molecular weight is 461 g/mol. The average Bonchev–Trinajstić information content (AvgIpc) is 3.13. The maximum Gasteiger partial charge on any atom is 0.194 e. The van der Waals surface area contributed by atoms with E-state index in [4.69, 9.17) is 14.5 Å². The minimum atomic E-state index is 0. The number of nitrogens with one attached hydrogen (secondary N) is 1. The SMILES string of the molecule is CCNC(=NCc1cccc(O)c1)N1CCOC(C2CCCO2)C1.I. The van der Waals surface area contributed by atoms with Crippen molar-refractivity contribution in [2.45, 2.75) is 38.5 Å². The Morgan fingerprint density at radius 1 is 1.32 bits per heavy atom. The van der Waals surface area contributed by atoms with Crippen LogP contribution in [0.2, 0.25) is 0 Å². The molecule has 0 saturated carbocycles. The molecule has 1 aromatic rings. The van der Waals surface area contributed by atoms with Gasteiger partial charge in [-0.1, -0.05) is 12.1 Å². The Hall–Kier alpha value is -1.06. The highest BCUT2D eigenvalue weighted by Crippen LogP contribution is 2.21. The van der Waals surface area contributed by atoms with Gasteiger partial charge < -0.3 is 24.8 Å². The molecule has 2 unspecified atom stereocenters. The number of aromatic hydroxyl groups is 1. The smallest absolute Gasteiger partial charge is 0.194 e. The summed E-state index contributed by atoms with van der Waals surface area (Å²) < 4.78 is 11.7. The zero-order valence-corrected chi connectivity index (χ0v) is 17.0. The van der Waals surface area contributed by atoms with E-state index in [9.17, 15) is 5.11 Å². The molecule has 0 radical (unpaired) electrons. The molecule has 2 atom stereocenters. The molecule has 2 N–H and O–H groups in total. The van der Waals surface area contributed by atoms with Gasteiger partial charge in [0.1, 0.15) is 11.9 Å². The van der Waals surface area contributed by atoms with Crippen molar-refractivity contribution >= 4 is 29.9 Å². The minimum absolute atomic E-state index is 0. The zero-order chi connectivity index (χ0) is 16.8. The highest BCUT2D eigenvalue weighted by Gasteiger charge is 2.32. The van der Waals surface area contributed by atoms with Gasteiger partial charge in [0, 0.05) is 26.2 Å². The number of hydrogen-bond donors (Lipinski definition) is 2. The van der Waals surface area contributed by atoms with Crippen LogP contribution in [0.1, 0.15) is 25.3 Å². The third-order valence-electron chi connectivity index (χ3n) is 4.43. The molecule has 3 rings (SSSR count). The number of ether oxygens (including phenoxy) is 2. The molecule has 25 heavy (non-hydrogen) atoms. The molecule has 2 fully saturated rings. The first kappa shape index (κ1) is 20.3. The molecule has 0 spiro atoms. The molecule has 0 aromatic heterocycles. The van der Waals surface area contributed by atoms with Gasteiger partial charge in [-0.05, 0) is 37.5 Å².